The molecular formula is C19H24F2N4O. The molecule has 0 spiro atoms. The second-order valence-corrected chi connectivity index (χ2v) is 6.86. The van der Waals surface area contributed by atoms with Crippen molar-refractivity contribution in [2.75, 3.05) is 26.2 Å². The number of hydrogen-bond acceptors (Lipinski definition) is 3. The standard InChI is InChI=1S/C19H24F2N4O/c1-13-4-5-15(18(21)17(13)20)19(26)24-11-14-3-2-9-25(12-14)10-6-16-22-7-8-23-16/h4-5,7-8,14H,2-3,6,9-12H2,1H3,(H,22,23)(H,24,26). The van der Waals surface area contributed by atoms with E-state index in [2.05, 4.69) is 20.2 Å². The number of halogens is 2. The number of nitrogens with zero attached hydrogens (tertiary/aromatic N) is 2. The number of carbonyl (C=O) groups is 1. The third-order valence-corrected chi connectivity index (χ3v) is 4.89. The van der Waals surface area contributed by atoms with Crippen LogP contribution in [0.2, 0.25) is 0 Å². The third kappa shape index (κ3) is 4.46. The van der Waals surface area contributed by atoms with Gasteiger partial charge in [-0.1, -0.05) is 6.07 Å². The first-order chi connectivity index (χ1) is 12.5. The van der Waals surface area contributed by atoms with Gasteiger partial charge in [-0.05, 0) is 43.9 Å². The third-order valence-electron chi connectivity index (χ3n) is 4.89. The van der Waals surface area contributed by atoms with Crippen LogP contribution in [0.4, 0.5) is 8.78 Å². The number of amides is 1. The molecule has 0 aliphatic carbocycles. The number of nitrogens with one attached hydrogen (secondary N) is 2. The van der Waals surface area contributed by atoms with Gasteiger partial charge in [0.2, 0.25) is 0 Å². The zero-order chi connectivity index (χ0) is 18.5. The number of benzene rings is 1. The number of aromatic amines is 1. The van der Waals surface area contributed by atoms with Crippen LogP contribution in [-0.4, -0.2) is 47.0 Å². The van der Waals surface area contributed by atoms with Crippen LogP contribution in [-0.2, 0) is 6.42 Å². The second kappa shape index (κ2) is 8.40. The lowest BCUT2D eigenvalue weighted by Gasteiger charge is -2.32. The quantitative estimate of drug-likeness (QED) is 0.831. The maximum Gasteiger partial charge on any atom is 0.254 e. The van der Waals surface area contributed by atoms with E-state index >= 15 is 0 Å². The summed E-state index contributed by atoms with van der Waals surface area (Å²) in [6.45, 7) is 4.76. The van der Waals surface area contributed by atoms with Gasteiger partial charge < -0.3 is 15.2 Å². The molecule has 1 saturated heterocycles. The predicted octanol–water partition coefficient (Wildman–Crippen LogP) is 2.68. The van der Waals surface area contributed by atoms with Gasteiger partial charge in [0.1, 0.15) is 5.82 Å². The summed E-state index contributed by atoms with van der Waals surface area (Å²) in [5, 5.41) is 2.76. The zero-order valence-corrected chi connectivity index (χ0v) is 14.9. The molecule has 2 N–H and O–H groups in total. The van der Waals surface area contributed by atoms with Crippen molar-refractivity contribution in [1.82, 2.24) is 20.2 Å². The van der Waals surface area contributed by atoms with Gasteiger partial charge in [-0.3, -0.25) is 4.79 Å². The average molecular weight is 362 g/mol. The maximum absolute atomic E-state index is 13.9. The minimum atomic E-state index is -1.08. The molecule has 1 atom stereocenters. The van der Waals surface area contributed by atoms with Crippen LogP contribution in [0.25, 0.3) is 0 Å². The van der Waals surface area contributed by atoms with E-state index in [4.69, 9.17) is 0 Å². The van der Waals surface area contributed by atoms with Crippen molar-refractivity contribution in [2.24, 2.45) is 5.92 Å². The van der Waals surface area contributed by atoms with Crippen LogP contribution in [0.5, 0.6) is 0 Å². The number of piperidine rings is 1. The molecule has 2 heterocycles. The number of rotatable bonds is 6. The largest absolute Gasteiger partial charge is 0.352 e. The van der Waals surface area contributed by atoms with Crippen LogP contribution < -0.4 is 5.32 Å². The number of hydrogen-bond donors (Lipinski definition) is 2. The van der Waals surface area contributed by atoms with Gasteiger partial charge in [-0.25, -0.2) is 13.8 Å². The molecule has 1 amide bonds. The van der Waals surface area contributed by atoms with Gasteiger partial charge in [0.15, 0.2) is 11.6 Å². The van der Waals surface area contributed by atoms with E-state index in [1.165, 1.54) is 19.1 Å². The van der Waals surface area contributed by atoms with Crippen molar-refractivity contribution in [3.8, 4) is 0 Å². The highest BCUT2D eigenvalue weighted by atomic mass is 19.2. The van der Waals surface area contributed by atoms with Gasteiger partial charge in [0.25, 0.3) is 5.91 Å². The Morgan fingerprint density at radius 1 is 1.38 bits per heavy atom. The lowest BCUT2D eigenvalue weighted by molar-refractivity contribution is 0.0927. The number of aromatic nitrogens is 2. The Hall–Kier alpha value is -2.28. The second-order valence-electron chi connectivity index (χ2n) is 6.86. The minimum absolute atomic E-state index is 0.193. The summed E-state index contributed by atoms with van der Waals surface area (Å²) in [7, 11) is 0. The van der Waals surface area contributed by atoms with E-state index in [0.29, 0.717) is 12.5 Å². The molecule has 7 heteroatoms. The van der Waals surface area contributed by atoms with Crippen molar-refractivity contribution in [3.05, 3.63) is 53.1 Å². The fourth-order valence-corrected chi connectivity index (χ4v) is 3.37. The molecule has 1 aliphatic heterocycles. The lowest BCUT2D eigenvalue weighted by Crippen LogP contribution is -2.41. The summed E-state index contributed by atoms with van der Waals surface area (Å²) >= 11 is 0. The molecule has 3 rings (SSSR count). The van der Waals surface area contributed by atoms with Crippen molar-refractivity contribution in [3.63, 3.8) is 0 Å². The van der Waals surface area contributed by atoms with Crippen LogP contribution in [0.1, 0.15) is 34.6 Å². The Bertz CT molecular complexity index is 748. The number of carbonyl (C=O) groups excluding carboxylic acids is 1. The smallest absolute Gasteiger partial charge is 0.254 e. The normalized spacial score (nSPS) is 18.0. The molecule has 1 fully saturated rings. The van der Waals surface area contributed by atoms with Gasteiger partial charge >= 0.3 is 0 Å². The van der Waals surface area contributed by atoms with E-state index in [-0.39, 0.29) is 11.1 Å². The van der Waals surface area contributed by atoms with Crippen molar-refractivity contribution >= 4 is 5.91 Å². The maximum atomic E-state index is 13.9. The Balaban J connectivity index is 1.49. The highest BCUT2D eigenvalue weighted by Gasteiger charge is 2.22. The van der Waals surface area contributed by atoms with E-state index in [1.807, 2.05) is 6.20 Å². The highest BCUT2D eigenvalue weighted by Crippen LogP contribution is 2.18. The Kier molecular flexibility index (Phi) is 5.98. The molecule has 1 aliphatic rings. The molecule has 0 radical (unpaired) electrons. The average Bonchev–Trinajstić information content (AvgIpc) is 3.17. The van der Waals surface area contributed by atoms with Crippen molar-refractivity contribution < 1.29 is 13.6 Å². The summed E-state index contributed by atoms with van der Waals surface area (Å²) in [6.07, 6.45) is 6.50. The van der Waals surface area contributed by atoms with E-state index < -0.39 is 17.5 Å². The van der Waals surface area contributed by atoms with Crippen LogP contribution in [0, 0.1) is 24.5 Å². The van der Waals surface area contributed by atoms with Crippen LogP contribution in [0.15, 0.2) is 24.5 Å². The van der Waals surface area contributed by atoms with Crippen molar-refractivity contribution in [2.45, 2.75) is 26.2 Å². The van der Waals surface area contributed by atoms with Gasteiger partial charge in [-0.15, -0.1) is 0 Å². The topological polar surface area (TPSA) is 61.0 Å². The van der Waals surface area contributed by atoms with Crippen LogP contribution in [0.3, 0.4) is 0 Å². The number of aryl methyl sites for hydroxylation is 1. The summed E-state index contributed by atoms with van der Waals surface area (Å²) in [6, 6.07) is 2.75. The van der Waals surface area contributed by atoms with E-state index in [1.54, 1.807) is 6.20 Å². The predicted molar refractivity (Wildman–Crippen MR) is 94.9 cm³/mol. The first-order valence-electron chi connectivity index (χ1n) is 8.98. The van der Waals surface area contributed by atoms with Gasteiger partial charge in [-0.2, -0.15) is 0 Å². The summed E-state index contributed by atoms with van der Waals surface area (Å²) in [4.78, 5) is 21.9. The molecule has 140 valence electrons. The van der Waals surface area contributed by atoms with E-state index in [0.717, 1.165) is 44.7 Å². The molecule has 5 nitrogen and oxygen atoms in total. The fourth-order valence-electron chi connectivity index (χ4n) is 3.37. The lowest BCUT2D eigenvalue weighted by atomic mass is 9.97. The monoisotopic (exact) mass is 362 g/mol. The molecular weight excluding hydrogens is 338 g/mol. The van der Waals surface area contributed by atoms with Crippen LogP contribution >= 0.6 is 0 Å². The minimum Gasteiger partial charge on any atom is -0.352 e. The number of H-pyrrole nitrogens is 1. The summed E-state index contributed by atoms with van der Waals surface area (Å²) < 4.78 is 27.6. The molecule has 1 aromatic carbocycles. The SMILES string of the molecule is Cc1ccc(C(=O)NCC2CCCN(CCc3ncc[nH]3)C2)c(F)c1F. The van der Waals surface area contributed by atoms with E-state index in [9.17, 15) is 13.6 Å². The van der Waals surface area contributed by atoms with Crippen molar-refractivity contribution in [1.29, 1.82) is 0 Å². The highest BCUT2D eigenvalue weighted by molar-refractivity contribution is 5.94. The number of likely N-dealkylation sites (tertiary alicyclic amines) is 1. The molecule has 26 heavy (non-hydrogen) atoms. The molecule has 1 aromatic heterocycles. The first kappa shape index (κ1) is 18.5. The summed E-state index contributed by atoms with van der Waals surface area (Å²) in [5.74, 6) is -1.32. The fraction of sp³-hybridized carbons (Fsp3) is 0.474. The Morgan fingerprint density at radius 2 is 2.23 bits per heavy atom. The molecule has 2 aromatic rings. The first-order valence-corrected chi connectivity index (χ1v) is 8.98. The Labute approximate surface area is 151 Å². The van der Waals surface area contributed by atoms with Gasteiger partial charge in [0.05, 0.1) is 5.56 Å². The Morgan fingerprint density at radius 3 is 3.00 bits per heavy atom. The molecule has 0 bridgehead atoms. The molecule has 1 unspecified atom stereocenters. The zero-order valence-electron chi connectivity index (χ0n) is 14.9. The number of imidazole rings is 1. The van der Waals surface area contributed by atoms with Gasteiger partial charge in [0, 0.05) is 38.4 Å². The molecule has 0 saturated carbocycles. The summed E-state index contributed by atoms with van der Waals surface area (Å²) in [5.41, 5.74) is -0.0443.